The molecule has 21 heavy (non-hydrogen) atoms. The number of piperazine rings is 1. The van der Waals surface area contributed by atoms with E-state index < -0.39 is 10.8 Å². The molecule has 1 aliphatic rings. The molecule has 0 radical (unpaired) electrons. The van der Waals surface area contributed by atoms with Gasteiger partial charge in [0, 0.05) is 38.8 Å². The summed E-state index contributed by atoms with van der Waals surface area (Å²) in [5.74, 6) is -0.635. The van der Waals surface area contributed by atoms with Crippen LogP contribution < -0.4 is 0 Å². The summed E-state index contributed by atoms with van der Waals surface area (Å²) in [7, 11) is 0. The maximum atomic E-state index is 12.4. The molecule has 0 atom stereocenters. The smallest absolute Gasteiger partial charge is 0.282 e. The highest BCUT2D eigenvalue weighted by atomic mass is 16.6. The highest BCUT2D eigenvalue weighted by Crippen LogP contribution is 2.25. The Labute approximate surface area is 121 Å². The Bertz CT molecular complexity index is 541. The van der Waals surface area contributed by atoms with Gasteiger partial charge in [0.1, 0.15) is 11.3 Å². The third kappa shape index (κ3) is 3.47. The number of hydrogen-bond donors (Lipinski definition) is 2. The van der Waals surface area contributed by atoms with Crippen molar-refractivity contribution in [3.8, 4) is 5.75 Å². The van der Waals surface area contributed by atoms with E-state index in [1.165, 1.54) is 11.0 Å². The molecule has 114 valence electrons. The standard InChI is InChI=1S/C13H17N3O5/c17-8-7-14-3-5-15(6-4-14)13(19)11-9-10(18)1-2-12(11)16(20)21/h1-2,9,17-18H,3-8H2. The van der Waals surface area contributed by atoms with Crippen LogP contribution in [0.25, 0.3) is 0 Å². The molecular formula is C13H17N3O5. The number of phenolic OH excluding ortho intramolecular Hbond substituents is 1. The number of benzene rings is 1. The van der Waals surface area contributed by atoms with Crippen molar-refractivity contribution in [3.05, 3.63) is 33.9 Å². The number of nitro benzene ring substituents is 1. The fourth-order valence-corrected chi connectivity index (χ4v) is 2.34. The molecule has 2 N–H and O–H groups in total. The largest absolute Gasteiger partial charge is 0.508 e. The van der Waals surface area contributed by atoms with Crippen LogP contribution in [0.4, 0.5) is 5.69 Å². The molecule has 8 nitrogen and oxygen atoms in total. The van der Waals surface area contributed by atoms with Crippen molar-refractivity contribution in [1.29, 1.82) is 0 Å². The van der Waals surface area contributed by atoms with Crippen molar-refractivity contribution in [2.75, 3.05) is 39.3 Å². The average molecular weight is 295 g/mol. The van der Waals surface area contributed by atoms with Crippen LogP contribution >= 0.6 is 0 Å². The minimum Gasteiger partial charge on any atom is -0.508 e. The second-order valence-electron chi connectivity index (χ2n) is 4.82. The van der Waals surface area contributed by atoms with Gasteiger partial charge in [-0.2, -0.15) is 0 Å². The molecular weight excluding hydrogens is 278 g/mol. The average Bonchev–Trinajstić information content (AvgIpc) is 2.47. The lowest BCUT2D eigenvalue weighted by molar-refractivity contribution is -0.385. The summed E-state index contributed by atoms with van der Waals surface area (Å²) < 4.78 is 0. The first-order valence-corrected chi connectivity index (χ1v) is 6.63. The number of amides is 1. The second kappa shape index (κ2) is 6.51. The van der Waals surface area contributed by atoms with Crippen molar-refractivity contribution < 1.29 is 19.9 Å². The Morgan fingerprint density at radius 1 is 1.29 bits per heavy atom. The Balaban J connectivity index is 2.14. The first-order chi connectivity index (χ1) is 10.0. The van der Waals surface area contributed by atoms with E-state index in [4.69, 9.17) is 5.11 Å². The van der Waals surface area contributed by atoms with Crippen molar-refractivity contribution in [1.82, 2.24) is 9.80 Å². The number of β-amino-alcohol motifs (C(OH)–C–C–N with tert-alkyl or cyclic N) is 1. The van der Waals surface area contributed by atoms with Crippen LogP contribution in [-0.2, 0) is 0 Å². The third-order valence-electron chi connectivity index (χ3n) is 3.48. The molecule has 0 saturated carbocycles. The van der Waals surface area contributed by atoms with Crippen molar-refractivity contribution >= 4 is 11.6 Å². The van der Waals surface area contributed by atoms with Gasteiger partial charge in [-0.1, -0.05) is 0 Å². The Morgan fingerprint density at radius 2 is 1.95 bits per heavy atom. The Hall–Kier alpha value is -2.19. The number of nitro groups is 1. The maximum absolute atomic E-state index is 12.4. The lowest BCUT2D eigenvalue weighted by atomic mass is 10.1. The SMILES string of the molecule is O=C(c1cc(O)ccc1[N+](=O)[O-])N1CCN(CCO)CC1. The number of nitrogens with zero attached hydrogens (tertiary/aromatic N) is 3. The molecule has 1 heterocycles. The molecule has 1 aromatic carbocycles. The van der Waals surface area contributed by atoms with Crippen LogP contribution in [0.5, 0.6) is 5.75 Å². The van der Waals surface area contributed by atoms with E-state index in [-0.39, 0.29) is 23.6 Å². The number of aliphatic hydroxyl groups excluding tert-OH is 1. The first-order valence-electron chi connectivity index (χ1n) is 6.63. The molecule has 1 aliphatic heterocycles. The summed E-state index contributed by atoms with van der Waals surface area (Å²) in [4.78, 5) is 26.3. The molecule has 8 heteroatoms. The molecule has 0 aliphatic carbocycles. The number of carbonyl (C=O) groups excluding carboxylic acids is 1. The Morgan fingerprint density at radius 3 is 2.52 bits per heavy atom. The van der Waals surface area contributed by atoms with E-state index in [9.17, 15) is 20.0 Å². The summed E-state index contributed by atoms with van der Waals surface area (Å²) >= 11 is 0. The quantitative estimate of drug-likeness (QED) is 0.600. The Kier molecular flexibility index (Phi) is 4.71. The summed E-state index contributed by atoms with van der Waals surface area (Å²) in [6, 6.07) is 3.44. The summed E-state index contributed by atoms with van der Waals surface area (Å²) in [5.41, 5.74) is -0.411. The number of rotatable bonds is 4. The number of carbonyl (C=O) groups is 1. The molecule has 1 fully saturated rings. The predicted molar refractivity (Wildman–Crippen MR) is 74.2 cm³/mol. The van der Waals surface area contributed by atoms with E-state index in [1.807, 2.05) is 4.90 Å². The van der Waals surface area contributed by atoms with Crippen LogP contribution in [0.3, 0.4) is 0 Å². The zero-order valence-electron chi connectivity index (χ0n) is 11.4. The van der Waals surface area contributed by atoms with Gasteiger partial charge in [-0.05, 0) is 12.1 Å². The van der Waals surface area contributed by atoms with Crippen molar-refractivity contribution in [3.63, 3.8) is 0 Å². The third-order valence-corrected chi connectivity index (χ3v) is 3.48. The van der Waals surface area contributed by atoms with Gasteiger partial charge >= 0.3 is 0 Å². The van der Waals surface area contributed by atoms with E-state index in [0.717, 1.165) is 12.1 Å². The number of aromatic hydroxyl groups is 1. The number of phenols is 1. The van der Waals surface area contributed by atoms with Crippen LogP contribution in [0, 0.1) is 10.1 Å². The fraction of sp³-hybridized carbons (Fsp3) is 0.462. The minimum atomic E-state index is -0.630. The van der Waals surface area contributed by atoms with E-state index in [1.54, 1.807) is 0 Å². The number of hydrogen-bond acceptors (Lipinski definition) is 6. The lowest BCUT2D eigenvalue weighted by Crippen LogP contribution is -2.49. The lowest BCUT2D eigenvalue weighted by Gasteiger charge is -2.34. The summed E-state index contributed by atoms with van der Waals surface area (Å²) in [5, 5.41) is 29.3. The zero-order valence-corrected chi connectivity index (χ0v) is 11.4. The van der Waals surface area contributed by atoms with Gasteiger partial charge in [-0.15, -0.1) is 0 Å². The topological polar surface area (TPSA) is 107 Å². The van der Waals surface area contributed by atoms with Crippen LogP contribution in [-0.4, -0.2) is 70.2 Å². The zero-order chi connectivity index (χ0) is 15.4. The molecule has 1 aromatic rings. The molecule has 0 bridgehead atoms. The monoisotopic (exact) mass is 295 g/mol. The van der Waals surface area contributed by atoms with Crippen molar-refractivity contribution in [2.45, 2.75) is 0 Å². The van der Waals surface area contributed by atoms with Gasteiger partial charge in [-0.25, -0.2) is 0 Å². The number of aliphatic hydroxyl groups is 1. The van der Waals surface area contributed by atoms with Gasteiger partial charge in [0.05, 0.1) is 11.5 Å². The normalized spacial score (nSPS) is 16.0. The summed E-state index contributed by atoms with van der Waals surface area (Å²) in [6.45, 7) is 2.70. The molecule has 1 saturated heterocycles. The predicted octanol–water partition coefficient (Wildman–Crippen LogP) is 0.0505. The van der Waals surface area contributed by atoms with E-state index >= 15 is 0 Å². The summed E-state index contributed by atoms with van der Waals surface area (Å²) in [6.07, 6.45) is 0. The maximum Gasteiger partial charge on any atom is 0.282 e. The highest BCUT2D eigenvalue weighted by molar-refractivity contribution is 5.98. The van der Waals surface area contributed by atoms with Gasteiger partial charge in [-0.3, -0.25) is 19.8 Å². The van der Waals surface area contributed by atoms with Gasteiger partial charge in [0.2, 0.25) is 0 Å². The van der Waals surface area contributed by atoms with Gasteiger partial charge in [0.25, 0.3) is 11.6 Å². The van der Waals surface area contributed by atoms with Crippen molar-refractivity contribution in [2.24, 2.45) is 0 Å². The fourth-order valence-electron chi connectivity index (χ4n) is 2.34. The molecule has 0 spiro atoms. The van der Waals surface area contributed by atoms with E-state index in [0.29, 0.717) is 32.7 Å². The first kappa shape index (κ1) is 15.2. The van der Waals surface area contributed by atoms with Crippen LogP contribution in [0.1, 0.15) is 10.4 Å². The van der Waals surface area contributed by atoms with Crippen LogP contribution in [0.2, 0.25) is 0 Å². The minimum absolute atomic E-state index is 0.0615. The van der Waals surface area contributed by atoms with E-state index in [2.05, 4.69) is 0 Å². The highest BCUT2D eigenvalue weighted by Gasteiger charge is 2.27. The second-order valence-corrected chi connectivity index (χ2v) is 4.82. The molecule has 1 amide bonds. The molecule has 0 unspecified atom stereocenters. The molecule has 0 aromatic heterocycles. The van der Waals surface area contributed by atoms with Crippen LogP contribution in [0.15, 0.2) is 18.2 Å². The van der Waals surface area contributed by atoms with Gasteiger partial charge < -0.3 is 15.1 Å². The molecule has 2 rings (SSSR count). The van der Waals surface area contributed by atoms with Gasteiger partial charge in [0.15, 0.2) is 0 Å².